The Kier molecular flexibility index (Phi) is 6.20. The molecule has 1 N–H and O–H groups in total. The Hall–Kier alpha value is -3.07. The number of ether oxygens (including phenoxy) is 2. The smallest absolute Gasteiger partial charge is 0.322 e. The van der Waals surface area contributed by atoms with Gasteiger partial charge in [0.15, 0.2) is 0 Å². The van der Waals surface area contributed by atoms with Crippen LogP contribution >= 0.6 is 11.6 Å². The molecule has 1 aromatic carbocycles. The second-order valence-corrected chi connectivity index (χ2v) is 9.57. The first-order valence-electron chi connectivity index (χ1n) is 11.5. The highest BCUT2D eigenvalue weighted by Gasteiger charge is 2.42. The molecule has 0 spiro atoms. The molecule has 1 aliphatic heterocycles. The summed E-state index contributed by atoms with van der Waals surface area (Å²) in [6.45, 7) is 5.91. The van der Waals surface area contributed by atoms with E-state index >= 15 is 0 Å². The minimum atomic E-state index is -0.492. The number of nitrogens with zero attached hydrogens (tertiary/aromatic N) is 5. The fraction of sp³-hybridized carbons (Fsp3) is 0.458. The summed E-state index contributed by atoms with van der Waals surface area (Å²) in [5, 5.41) is 8.25. The fourth-order valence-corrected chi connectivity index (χ4v) is 5.12. The molecule has 2 fully saturated rings. The maximum atomic E-state index is 13.5. The molecule has 2 atom stereocenters. The van der Waals surface area contributed by atoms with Gasteiger partial charge in [0, 0.05) is 43.1 Å². The van der Waals surface area contributed by atoms with Gasteiger partial charge in [-0.05, 0) is 56.7 Å². The van der Waals surface area contributed by atoms with Gasteiger partial charge in [-0.1, -0.05) is 11.6 Å². The van der Waals surface area contributed by atoms with Crippen LogP contribution in [0, 0.1) is 17.7 Å². The largest absolute Gasteiger partial charge is 0.481 e. The van der Waals surface area contributed by atoms with Gasteiger partial charge >= 0.3 is 6.01 Å². The molecule has 10 heteroatoms. The van der Waals surface area contributed by atoms with Crippen molar-refractivity contribution in [3.8, 4) is 17.6 Å². The molecule has 3 heterocycles. The number of rotatable bonds is 7. The number of pyridine rings is 1. The lowest BCUT2D eigenvalue weighted by Gasteiger charge is -2.39. The van der Waals surface area contributed by atoms with Gasteiger partial charge in [0.1, 0.15) is 11.6 Å². The van der Waals surface area contributed by atoms with E-state index < -0.39 is 5.82 Å². The molecule has 0 unspecified atom stereocenters. The van der Waals surface area contributed by atoms with Crippen LogP contribution in [0.15, 0.2) is 36.5 Å². The van der Waals surface area contributed by atoms with Crippen molar-refractivity contribution in [3.63, 3.8) is 0 Å². The van der Waals surface area contributed by atoms with E-state index in [-0.39, 0.29) is 17.1 Å². The first-order valence-corrected chi connectivity index (χ1v) is 11.9. The molecule has 5 rings (SSSR count). The lowest BCUT2D eigenvalue weighted by Crippen LogP contribution is -2.48. The fourth-order valence-electron chi connectivity index (χ4n) is 4.95. The molecule has 3 aromatic rings. The van der Waals surface area contributed by atoms with E-state index in [2.05, 4.69) is 25.3 Å². The van der Waals surface area contributed by atoms with Gasteiger partial charge in [-0.3, -0.25) is 0 Å². The van der Waals surface area contributed by atoms with Crippen molar-refractivity contribution in [1.29, 1.82) is 0 Å². The summed E-state index contributed by atoms with van der Waals surface area (Å²) in [7, 11) is 1.64. The zero-order valence-corrected chi connectivity index (χ0v) is 20.2. The molecule has 8 nitrogen and oxygen atoms in total. The van der Waals surface area contributed by atoms with Gasteiger partial charge in [0.05, 0.1) is 18.2 Å². The highest BCUT2D eigenvalue weighted by molar-refractivity contribution is 6.30. The number of nitrogens with one attached hydrogen (secondary N) is 1. The van der Waals surface area contributed by atoms with Gasteiger partial charge in [-0.25, -0.2) is 14.1 Å². The SMILES string of the molecule is COc1cc(N2C[C@H]3CC[C@H](C2)C3Nc2nc(Oc3ccc(F)c(Cl)c3)n(C(C)C)n2)ccn1. The Morgan fingerprint density at radius 3 is 2.59 bits per heavy atom. The van der Waals surface area contributed by atoms with Crippen molar-refractivity contribution >= 4 is 23.2 Å². The molecular weight excluding hydrogens is 459 g/mol. The van der Waals surface area contributed by atoms with Gasteiger partial charge in [-0.15, -0.1) is 5.10 Å². The van der Waals surface area contributed by atoms with Crippen LogP contribution in [0.25, 0.3) is 0 Å². The van der Waals surface area contributed by atoms with Gasteiger partial charge in [0.25, 0.3) is 0 Å². The number of methoxy groups -OCH3 is 1. The van der Waals surface area contributed by atoms with Crippen molar-refractivity contribution in [2.24, 2.45) is 11.8 Å². The summed E-state index contributed by atoms with van der Waals surface area (Å²) in [6, 6.07) is 8.93. The Balaban J connectivity index is 1.32. The standard InChI is InChI=1S/C24H28ClFN6O2/c1-14(2)32-24(34-18-6-7-20(26)19(25)11-18)29-23(30-32)28-22-15-4-5-16(22)13-31(12-15)17-8-9-27-21(10-17)33-3/h6-11,14-16,22H,4-5,12-13H2,1-3H3,(H,28,30)/t15-,16-/m1/s1. The molecular formula is C24H28ClFN6O2. The van der Waals surface area contributed by atoms with Crippen molar-refractivity contribution in [3.05, 3.63) is 47.4 Å². The third-order valence-electron chi connectivity index (χ3n) is 6.61. The van der Waals surface area contributed by atoms with Crippen LogP contribution in [0.1, 0.15) is 32.7 Å². The van der Waals surface area contributed by atoms with Crippen LogP contribution in [0.5, 0.6) is 17.6 Å². The summed E-state index contributed by atoms with van der Waals surface area (Å²) in [6.07, 6.45) is 4.10. The molecule has 1 aliphatic carbocycles. The topological polar surface area (TPSA) is 77.3 Å². The number of halogens is 2. The Bertz CT molecular complexity index is 1160. The van der Waals surface area contributed by atoms with E-state index in [9.17, 15) is 4.39 Å². The first-order chi connectivity index (χ1) is 16.4. The number of anilines is 2. The highest BCUT2D eigenvalue weighted by atomic mass is 35.5. The van der Waals surface area contributed by atoms with Crippen molar-refractivity contribution < 1.29 is 13.9 Å². The normalized spacial score (nSPS) is 21.7. The number of hydrogen-bond acceptors (Lipinski definition) is 7. The summed E-state index contributed by atoms with van der Waals surface area (Å²) in [4.78, 5) is 11.3. The molecule has 180 valence electrons. The predicted octanol–water partition coefficient (Wildman–Crippen LogP) is 5.17. The molecule has 2 bridgehead atoms. The predicted molar refractivity (Wildman–Crippen MR) is 129 cm³/mol. The van der Waals surface area contributed by atoms with Crippen LogP contribution in [0.2, 0.25) is 5.02 Å². The van der Waals surface area contributed by atoms with E-state index in [1.807, 2.05) is 26.0 Å². The number of fused-ring (bicyclic) bond motifs is 2. The van der Waals surface area contributed by atoms with Crippen LogP contribution in [-0.4, -0.2) is 46.0 Å². The monoisotopic (exact) mass is 486 g/mol. The second kappa shape index (κ2) is 9.29. The van der Waals surface area contributed by atoms with Crippen LogP contribution in [0.3, 0.4) is 0 Å². The first kappa shape index (κ1) is 22.7. The third kappa shape index (κ3) is 4.49. The number of piperidine rings is 1. The molecule has 34 heavy (non-hydrogen) atoms. The van der Waals surface area contributed by atoms with E-state index in [1.165, 1.54) is 18.2 Å². The number of benzene rings is 1. The van der Waals surface area contributed by atoms with E-state index in [0.29, 0.717) is 35.4 Å². The molecule has 1 saturated heterocycles. The van der Waals surface area contributed by atoms with Crippen molar-refractivity contribution in [1.82, 2.24) is 19.7 Å². The summed E-state index contributed by atoms with van der Waals surface area (Å²) < 4.78 is 26.5. The average molecular weight is 487 g/mol. The lowest BCUT2D eigenvalue weighted by molar-refractivity contribution is 0.373. The molecule has 0 radical (unpaired) electrons. The molecule has 0 amide bonds. The highest BCUT2D eigenvalue weighted by Crippen LogP contribution is 2.40. The van der Waals surface area contributed by atoms with Gasteiger partial charge < -0.3 is 19.7 Å². The molecule has 2 aliphatic rings. The number of hydrogen-bond donors (Lipinski definition) is 1. The average Bonchev–Trinajstić information content (AvgIpc) is 3.32. The molecule has 2 aromatic heterocycles. The third-order valence-corrected chi connectivity index (χ3v) is 6.90. The maximum Gasteiger partial charge on any atom is 0.322 e. The Morgan fingerprint density at radius 2 is 1.91 bits per heavy atom. The van der Waals surface area contributed by atoms with Crippen molar-refractivity contribution in [2.45, 2.75) is 38.8 Å². The van der Waals surface area contributed by atoms with Gasteiger partial charge in [0.2, 0.25) is 11.8 Å². The Morgan fingerprint density at radius 1 is 1.15 bits per heavy atom. The maximum absolute atomic E-state index is 13.5. The van der Waals surface area contributed by atoms with Crippen molar-refractivity contribution in [2.75, 3.05) is 30.4 Å². The van der Waals surface area contributed by atoms with E-state index in [4.69, 9.17) is 21.1 Å². The van der Waals surface area contributed by atoms with Crippen LogP contribution < -0.4 is 19.7 Å². The lowest BCUT2D eigenvalue weighted by atomic mass is 9.92. The number of aromatic nitrogens is 4. The quantitative estimate of drug-likeness (QED) is 0.493. The Labute approximate surface area is 203 Å². The zero-order valence-electron chi connectivity index (χ0n) is 19.4. The minimum Gasteiger partial charge on any atom is -0.481 e. The minimum absolute atomic E-state index is 0.00149. The summed E-state index contributed by atoms with van der Waals surface area (Å²) >= 11 is 5.90. The van der Waals surface area contributed by atoms with Crippen LogP contribution in [0.4, 0.5) is 16.0 Å². The second-order valence-electron chi connectivity index (χ2n) is 9.16. The van der Waals surface area contributed by atoms with Gasteiger partial charge in [-0.2, -0.15) is 4.98 Å². The summed E-state index contributed by atoms with van der Waals surface area (Å²) in [5.41, 5.74) is 1.14. The van der Waals surface area contributed by atoms with E-state index in [0.717, 1.165) is 31.6 Å². The zero-order chi connectivity index (χ0) is 23.8. The van der Waals surface area contributed by atoms with E-state index in [1.54, 1.807) is 18.0 Å². The summed E-state index contributed by atoms with van der Waals surface area (Å²) in [5.74, 6) is 2.04. The van der Waals surface area contributed by atoms with Crippen LogP contribution in [-0.2, 0) is 0 Å². The molecule has 1 saturated carbocycles.